The first-order valence-electron chi connectivity index (χ1n) is 8.86. The van der Waals surface area contributed by atoms with Crippen LogP contribution in [0.15, 0.2) is 83.9 Å². The second-order valence-corrected chi connectivity index (χ2v) is 6.30. The third-order valence-electron chi connectivity index (χ3n) is 4.47. The maximum absolute atomic E-state index is 13.2. The van der Waals surface area contributed by atoms with Crippen molar-refractivity contribution in [3.8, 4) is 11.3 Å². The minimum absolute atomic E-state index is 0.261. The van der Waals surface area contributed by atoms with Gasteiger partial charge in [-0.1, -0.05) is 41.6 Å². The van der Waals surface area contributed by atoms with Crippen LogP contribution >= 0.6 is 0 Å². The molecule has 0 aliphatic rings. The third kappa shape index (κ3) is 3.53. The number of rotatable bonds is 5. The molecule has 0 saturated heterocycles. The van der Waals surface area contributed by atoms with Crippen LogP contribution in [0, 0.1) is 6.92 Å². The van der Waals surface area contributed by atoms with Crippen LogP contribution in [0.1, 0.15) is 33.3 Å². The number of nitrogens with one attached hydrogen (secondary N) is 1. The summed E-state index contributed by atoms with van der Waals surface area (Å²) in [7, 11) is 0. The van der Waals surface area contributed by atoms with Crippen molar-refractivity contribution in [2.75, 3.05) is 0 Å². The predicted octanol–water partition coefficient (Wildman–Crippen LogP) is 3.96. The van der Waals surface area contributed by atoms with Crippen molar-refractivity contribution >= 4 is 5.91 Å². The van der Waals surface area contributed by atoms with E-state index >= 15 is 0 Å². The van der Waals surface area contributed by atoms with Gasteiger partial charge >= 0.3 is 0 Å². The minimum atomic E-state index is -0.345. The molecular formula is C22H18N4O2. The molecule has 1 N–H and O–H groups in total. The average molecular weight is 370 g/mol. The standard InChI is InChI=1S/C22H18N4O2/c1-15-19(21(26-28-15)17-9-12-23-13-10-17)22(27)25-20(16-6-3-2-4-7-16)18-8-5-11-24-14-18/h2-14,20H,1H3,(H,25,27)/t20-/m1/s1. The van der Waals surface area contributed by atoms with Gasteiger partial charge in [-0.25, -0.2) is 0 Å². The molecule has 3 aromatic heterocycles. The van der Waals surface area contributed by atoms with E-state index in [0.717, 1.165) is 16.7 Å². The second kappa shape index (κ2) is 7.84. The smallest absolute Gasteiger partial charge is 0.257 e. The summed E-state index contributed by atoms with van der Waals surface area (Å²) in [6, 6.07) is 16.8. The van der Waals surface area contributed by atoms with Crippen LogP contribution in [0.3, 0.4) is 0 Å². The number of aromatic nitrogens is 3. The van der Waals surface area contributed by atoms with Gasteiger partial charge in [0.05, 0.1) is 6.04 Å². The fourth-order valence-electron chi connectivity index (χ4n) is 3.10. The van der Waals surface area contributed by atoms with Crippen LogP contribution in [0.5, 0.6) is 0 Å². The molecule has 0 spiro atoms. The Labute approximate surface area is 162 Å². The maximum Gasteiger partial charge on any atom is 0.257 e. The molecule has 0 fully saturated rings. The number of carbonyl (C=O) groups excluding carboxylic acids is 1. The molecule has 0 unspecified atom stereocenters. The molecule has 1 aromatic carbocycles. The zero-order valence-corrected chi connectivity index (χ0v) is 15.2. The highest BCUT2D eigenvalue weighted by molar-refractivity contribution is 6.01. The topological polar surface area (TPSA) is 80.9 Å². The van der Waals surface area contributed by atoms with E-state index < -0.39 is 0 Å². The Morgan fingerprint density at radius 1 is 0.929 bits per heavy atom. The first-order chi connectivity index (χ1) is 13.7. The fourth-order valence-corrected chi connectivity index (χ4v) is 3.10. The van der Waals surface area contributed by atoms with Gasteiger partial charge in [-0.15, -0.1) is 0 Å². The number of hydrogen-bond donors (Lipinski definition) is 1. The summed E-state index contributed by atoms with van der Waals surface area (Å²) in [6.07, 6.45) is 6.77. The highest BCUT2D eigenvalue weighted by atomic mass is 16.5. The molecule has 0 radical (unpaired) electrons. The van der Waals surface area contributed by atoms with Gasteiger partial charge in [0.1, 0.15) is 17.0 Å². The lowest BCUT2D eigenvalue weighted by atomic mass is 9.99. The number of benzene rings is 1. The van der Waals surface area contributed by atoms with Gasteiger partial charge in [-0.2, -0.15) is 0 Å². The number of amides is 1. The number of nitrogens with zero attached hydrogens (tertiary/aromatic N) is 3. The molecule has 3 heterocycles. The van der Waals surface area contributed by atoms with Crippen LogP contribution < -0.4 is 5.32 Å². The molecule has 4 rings (SSSR count). The molecule has 138 valence electrons. The normalized spacial score (nSPS) is 11.8. The maximum atomic E-state index is 13.2. The van der Waals surface area contributed by atoms with Gasteiger partial charge in [0.2, 0.25) is 0 Å². The number of aryl methyl sites for hydroxylation is 1. The molecule has 4 aromatic rings. The summed E-state index contributed by atoms with van der Waals surface area (Å²) >= 11 is 0. The van der Waals surface area contributed by atoms with Crippen LogP contribution in [-0.4, -0.2) is 21.0 Å². The zero-order chi connectivity index (χ0) is 19.3. The summed E-state index contributed by atoms with van der Waals surface area (Å²) in [5.41, 5.74) is 3.53. The fraction of sp³-hybridized carbons (Fsp3) is 0.0909. The minimum Gasteiger partial charge on any atom is -0.360 e. The number of carbonyl (C=O) groups is 1. The Hall–Kier alpha value is -3.80. The van der Waals surface area contributed by atoms with Crippen molar-refractivity contribution < 1.29 is 9.32 Å². The van der Waals surface area contributed by atoms with Gasteiger partial charge in [-0.3, -0.25) is 14.8 Å². The van der Waals surface area contributed by atoms with Crippen molar-refractivity contribution in [1.29, 1.82) is 0 Å². The van der Waals surface area contributed by atoms with Crippen LogP contribution in [-0.2, 0) is 0 Å². The molecule has 0 aliphatic heterocycles. The molecule has 1 atom stereocenters. The molecule has 0 aliphatic carbocycles. The quantitative estimate of drug-likeness (QED) is 0.575. The summed E-state index contributed by atoms with van der Waals surface area (Å²) in [5.74, 6) is 0.200. The summed E-state index contributed by atoms with van der Waals surface area (Å²) < 4.78 is 5.32. The summed E-state index contributed by atoms with van der Waals surface area (Å²) in [5, 5.41) is 7.19. The van der Waals surface area contributed by atoms with E-state index in [1.54, 1.807) is 43.8 Å². The molecule has 1 amide bonds. The van der Waals surface area contributed by atoms with E-state index in [2.05, 4.69) is 20.4 Å². The second-order valence-electron chi connectivity index (χ2n) is 6.30. The molecule has 6 nitrogen and oxygen atoms in total. The van der Waals surface area contributed by atoms with E-state index in [1.807, 2.05) is 42.5 Å². The van der Waals surface area contributed by atoms with Crippen LogP contribution in [0.4, 0.5) is 0 Å². The molecule has 0 saturated carbocycles. The van der Waals surface area contributed by atoms with Gasteiger partial charge < -0.3 is 9.84 Å². The van der Waals surface area contributed by atoms with E-state index in [0.29, 0.717) is 17.0 Å². The zero-order valence-electron chi connectivity index (χ0n) is 15.2. The lowest BCUT2D eigenvalue weighted by Gasteiger charge is -2.19. The van der Waals surface area contributed by atoms with Crippen LogP contribution in [0.25, 0.3) is 11.3 Å². The first-order valence-corrected chi connectivity index (χ1v) is 8.86. The highest BCUT2D eigenvalue weighted by Gasteiger charge is 2.25. The Kier molecular flexibility index (Phi) is 4.93. The van der Waals surface area contributed by atoms with Crippen molar-refractivity contribution in [2.24, 2.45) is 0 Å². The van der Waals surface area contributed by atoms with Gasteiger partial charge in [0, 0.05) is 30.4 Å². The Morgan fingerprint density at radius 3 is 2.39 bits per heavy atom. The largest absolute Gasteiger partial charge is 0.360 e. The van der Waals surface area contributed by atoms with Gasteiger partial charge in [0.25, 0.3) is 5.91 Å². The van der Waals surface area contributed by atoms with E-state index in [-0.39, 0.29) is 11.9 Å². The molecule has 6 heteroatoms. The predicted molar refractivity (Wildman–Crippen MR) is 104 cm³/mol. The Balaban J connectivity index is 1.71. The van der Waals surface area contributed by atoms with E-state index in [4.69, 9.17) is 4.52 Å². The molecule has 28 heavy (non-hydrogen) atoms. The highest BCUT2D eigenvalue weighted by Crippen LogP contribution is 2.27. The average Bonchev–Trinajstić information content (AvgIpc) is 3.15. The van der Waals surface area contributed by atoms with E-state index in [1.165, 1.54) is 0 Å². The lowest BCUT2D eigenvalue weighted by molar-refractivity contribution is 0.0942. The SMILES string of the molecule is Cc1onc(-c2ccncc2)c1C(=O)N[C@H](c1ccccc1)c1cccnc1. The molecular weight excluding hydrogens is 352 g/mol. The monoisotopic (exact) mass is 370 g/mol. The van der Waals surface area contributed by atoms with Crippen LogP contribution in [0.2, 0.25) is 0 Å². The van der Waals surface area contributed by atoms with Gasteiger partial charge in [0.15, 0.2) is 0 Å². The summed E-state index contributed by atoms with van der Waals surface area (Å²) in [4.78, 5) is 21.4. The van der Waals surface area contributed by atoms with Crippen molar-refractivity contribution in [3.63, 3.8) is 0 Å². The summed E-state index contributed by atoms with van der Waals surface area (Å²) in [6.45, 7) is 1.73. The van der Waals surface area contributed by atoms with Crippen molar-refractivity contribution in [1.82, 2.24) is 20.4 Å². The van der Waals surface area contributed by atoms with Crippen molar-refractivity contribution in [3.05, 3.63) is 102 Å². The number of pyridine rings is 2. The third-order valence-corrected chi connectivity index (χ3v) is 4.47. The Morgan fingerprint density at radius 2 is 1.68 bits per heavy atom. The van der Waals surface area contributed by atoms with Gasteiger partial charge in [-0.05, 0) is 36.2 Å². The molecule has 0 bridgehead atoms. The first kappa shape index (κ1) is 17.6. The lowest BCUT2D eigenvalue weighted by Crippen LogP contribution is -2.30. The number of hydrogen-bond acceptors (Lipinski definition) is 5. The van der Waals surface area contributed by atoms with E-state index in [9.17, 15) is 4.79 Å². The Bertz CT molecular complexity index is 1020. The van der Waals surface area contributed by atoms with Crippen molar-refractivity contribution in [2.45, 2.75) is 13.0 Å².